The normalized spacial score (nSPS) is 19.6. The second kappa shape index (κ2) is 10.4. The van der Waals surface area contributed by atoms with Crippen molar-refractivity contribution in [2.24, 2.45) is 0 Å². The Hall–Kier alpha value is -3.15. The van der Waals surface area contributed by atoms with Gasteiger partial charge >= 0.3 is 0 Å². The van der Waals surface area contributed by atoms with Crippen LogP contribution in [-0.2, 0) is 11.2 Å². The van der Waals surface area contributed by atoms with E-state index in [0.29, 0.717) is 29.7 Å². The summed E-state index contributed by atoms with van der Waals surface area (Å²) in [4.78, 5) is 23.0. The lowest BCUT2D eigenvalue weighted by Crippen LogP contribution is -2.50. The molecule has 8 nitrogen and oxygen atoms in total. The Bertz CT molecular complexity index is 1100. The van der Waals surface area contributed by atoms with Crippen molar-refractivity contribution in [3.8, 4) is 11.9 Å². The van der Waals surface area contributed by atoms with Crippen LogP contribution >= 0.6 is 11.6 Å². The number of hydrogen-bond acceptors (Lipinski definition) is 7. The second-order valence-corrected chi connectivity index (χ2v) is 9.75. The third-order valence-electron chi connectivity index (χ3n) is 6.15. The predicted octanol–water partition coefficient (Wildman–Crippen LogP) is 3.79. The molecule has 1 amide bonds. The van der Waals surface area contributed by atoms with Gasteiger partial charge in [-0.05, 0) is 50.3 Å². The molecule has 1 fully saturated rings. The monoisotopic (exact) mass is 480 g/mol. The van der Waals surface area contributed by atoms with Crippen LogP contribution < -0.4 is 15.4 Å². The lowest BCUT2D eigenvalue weighted by molar-refractivity contribution is -0.115. The zero-order valence-electron chi connectivity index (χ0n) is 19.5. The van der Waals surface area contributed by atoms with Gasteiger partial charge in [-0.15, -0.1) is 0 Å². The highest BCUT2D eigenvalue weighted by atomic mass is 35.5. The van der Waals surface area contributed by atoms with Gasteiger partial charge in [-0.1, -0.05) is 23.7 Å². The van der Waals surface area contributed by atoms with E-state index in [9.17, 15) is 4.79 Å². The molecule has 2 aliphatic rings. The average Bonchev–Trinajstić information content (AvgIpc) is 2.83. The lowest BCUT2D eigenvalue weighted by atomic mass is 9.92. The number of hydrogen-bond donors (Lipinski definition) is 2. The van der Waals surface area contributed by atoms with Gasteiger partial charge in [-0.3, -0.25) is 9.78 Å². The molecule has 0 radical (unpaired) electrons. The molecule has 9 heteroatoms. The van der Waals surface area contributed by atoms with Crippen LogP contribution in [0, 0.1) is 11.5 Å². The minimum absolute atomic E-state index is 0.0170. The molecule has 34 heavy (non-hydrogen) atoms. The van der Waals surface area contributed by atoms with Gasteiger partial charge in [0.05, 0.1) is 18.3 Å². The molecule has 0 bridgehead atoms. The molecule has 2 N–H and O–H groups in total. The molecule has 0 aliphatic carbocycles. The van der Waals surface area contributed by atoms with Gasteiger partial charge in [0.25, 0.3) is 0 Å². The Kier molecular flexibility index (Phi) is 7.35. The Morgan fingerprint density at radius 3 is 2.88 bits per heavy atom. The maximum absolute atomic E-state index is 12.6. The first-order valence-corrected chi connectivity index (χ1v) is 11.9. The standard InChI is InChI=1S/C25H29ClN6O2/c1-25(2)8-5-19(14-30-25)34-22-12-23(29-15-20(22)26)31-24(33)11-17-3-4-21(28-13-17)18-6-9-32(16-27)10-7-18/h3-4,6,12-13,15,19,30H,5,7-11,14H2,1-2H3,(H,29,31,33). The number of rotatable bonds is 6. The number of nitrogens with one attached hydrogen (secondary N) is 2. The number of carbonyl (C=O) groups is 1. The first kappa shape index (κ1) is 24.0. The van der Waals surface area contributed by atoms with Crippen LogP contribution in [0.2, 0.25) is 5.02 Å². The van der Waals surface area contributed by atoms with Gasteiger partial charge in [0, 0.05) is 37.4 Å². The largest absolute Gasteiger partial charge is 0.487 e. The van der Waals surface area contributed by atoms with E-state index in [1.54, 1.807) is 17.2 Å². The van der Waals surface area contributed by atoms with Crippen molar-refractivity contribution in [1.29, 1.82) is 5.26 Å². The van der Waals surface area contributed by atoms with Crippen LogP contribution in [0.25, 0.3) is 5.57 Å². The predicted molar refractivity (Wildman–Crippen MR) is 131 cm³/mol. The maximum atomic E-state index is 12.6. The molecule has 2 aliphatic heterocycles. The third kappa shape index (κ3) is 6.25. The van der Waals surface area contributed by atoms with Gasteiger partial charge in [0.15, 0.2) is 6.19 Å². The number of ether oxygens (including phenoxy) is 1. The number of piperidine rings is 1. The number of halogens is 1. The summed E-state index contributed by atoms with van der Waals surface area (Å²) in [6.07, 6.45) is 10.3. The molecule has 0 spiro atoms. The molecule has 1 saturated heterocycles. The van der Waals surface area contributed by atoms with Crippen LogP contribution in [0.4, 0.5) is 5.82 Å². The first-order valence-electron chi connectivity index (χ1n) is 11.5. The van der Waals surface area contributed by atoms with Crippen molar-refractivity contribution in [2.45, 2.75) is 51.2 Å². The molecule has 0 saturated carbocycles. The van der Waals surface area contributed by atoms with Crippen LogP contribution in [0.1, 0.15) is 44.4 Å². The quantitative estimate of drug-likeness (QED) is 0.606. The molecule has 178 valence electrons. The van der Waals surface area contributed by atoms with Gasteiger partial charge in [-0.25, -0.2) is 4.98 Å². The number of amides is 1. The van der Waals surface area contributed by atoms with Crippen molar-refractivity contribution >= 4 is 28.9 Å². The number of carbonyl (C=O) groups excluding carboxylic acids is 1. The van der Waals surface area contributed by atoms with Crippen LogP contribution in [0.3, 0.4) is 0 Å². The minimum Gasteiger partial charge on any atom is -0.487 e. The van der Waals surface area contributed by atoms with E-state index in [2.05, 4.69) is 40.6 Å². The number of aromatic nitrogens is 2. The van der Waals surface area contributed by atoms with Crippen molar-refractivity contribution in [3.63, 3.8) is 0 Å². The first-order chi connectivity index (χ1) is 16.3. The average molecular weight is 481 g/mol. The van der Waals surface area contributed by atoms with E-state index in [0.717, 1.165) is 42.6 Å². The zero-order chi connectivity index (χ0) is 24.1. The molecular formula is C25H29ClN6O2. The number of pyridine rings is 2. The molecule has 2 aromatic heterocycles. The van der Waals surface area contributed by atoms with Gasteiger partial charge < -0.3 is 20.3 Å². The number of nitrogens with zero attached hydrogens (tertiary/aromatic N) is 4. The molecule has 4 rings (SSSR count). The summed E-state index contributed by atoms with van der Waals surface area (Å²) in [5.74, 6) is 0.714. The molecule has 2 aromatic rings. The highest BCUT2D eigenvalue weighted by molar-refractivity contribution is 6.32. The summed E-state index contributed by atoms with van der Waals surface area (Å²) in [6, 6.07) is 5.49. The van der Waals surface area contributed by atoms with Gasteiger partial charge in [-0.2, -0.15) is 5.26 Å². The van der Waals surface area contributed by atoms with E-state index >= 15 is 0 Å². The van der Waals surface area contributed by atoms with Gasteiger partial charge in [0.1, 0.15) is 22.7 Å². The SMILES string of the molecule is CC1(C)CCC(Oc2cc(NC(=O)Cc3ccc(C4=CCN(C#N)CC4)nc3)ncc2Cl)CN1. The molecular weight excluding hydrogens is 452 g/mol. The van der Waals surface area contributed by atoms with Crippen LogP contribution in [0.5, 0.6) is 5.75 Å². The molecule has 0 aromatic carbocycles. The van der Waals surface area contributed by atoms with E-state index in [1.807, 2.05) is 18.2 Å². The molecule has 1 atom stereocenters. The lowest BCUT2D eigenvalue weighted by Gasteiger charge is -2.35. The Balaban J connectivity index is 1.33. The summed E-state index contributed by atoms with van der Waals surface area (Å²) in [5, 5.41) is 15.7. The molecule has 4 heterocycles. The number of nitriles is 1. The minimum atomic E-state index is -0.196. The van der Waals surface area contributed by atoms with Crippen LogP contribution in [0.15, 0.2) is 36.7 Å². The van der Waals surface area contributed by atoms with E-state index in [-0.39, 0.29) is 24.0 Å². The highest BCUT2D eigenvalue weighted by Gasteiger charge is 2.27. The van der Waals surface area contributed by atoms with E-state index < -0.39 is 0 Å². The zero-order valence-corrected chi connectivity index (χ0v) is 20.2. The summed E-state index contributed by atoms with van der Waals surface area (Å²) in [6.45, 7) is 6.39. The van der Waals surface area contributed by atoms with Crippen molar-refractivity contribution in [2.75, 3.05) is 25.0 Å². The van der Waals surface area contributed by atoms with Crippen molar-refractivity contribution in [1.82, 2.24) is 20.2 Å². The fraction of sp³-hybridized carbons (Fsp3) is 0.440. The summed E-state index contributed by atoms with van der Waals surface area (Å²) in [5.41, 5.74) is 2.92. The van der Waals surface area contributed by atoms with Crippen LogP contribution in [-0.4, -0.2) is 52.1 Å². The topological polar surface area (TPSA) is 103 Å². The smallest absolute Gasteiger partial charge is 0.230 e. The van der Waals surface area contributed by atoms with E-state index in [1.165, 1.54) is 6.20 Å². The Morgan fingerprint density at radius 2 is 2.24 bits per heavy atom. The third-order valence-corrected chi connectivity index (χ3v) is 6.43. The van der Waals surface area contributed by atoms with Crippen molar-refractivity contribution < 1.29 is 9.53 Å². The molecule has 1 unspecified atom stereocenters. The summed E-state index contributed by atoms with van der Waals surface area (Å²) >= 11 is 6.28. The van der Waals surface area contributed by atoms with E-state index in [4.69, 9.17) is 21.6 Å². The maximum Gasteiger partial charge on any atom is 0.230 e. The Labute approximate surface area is 205 Å². The summed E-state index contributed by atoms with van der Waals surface area (Å²) in [7, 11) is 0. The summed E-state index contributed by atoms with van der Waals surface area (Å²) < 4.78 is 6.08. The number of anilines is 1. The highest BCUT2D eigenvalue weighted by Crippen LogP contribution is 2.29. The van der Waals surface area contributed by atoms with Crippen molar-refractivity contribution in [3.05, 3.63) is 52.9 Å². The second-order valence-electron chi connectivity index (χ2n) is 9.35. The van der Waals surface area contributed by atoms with Gasteiger partial charge in [0.2, 0.25) is 5.91 Å². The fourth-order valence-corrected chi connectivity index (χ4v) is 4.19. The fourth-order valence-electron chi connectivity index (χ4n) is 4.05. The Morgan fingerprint density at radius 1 is 1.38 bits per heavy atom.